The van der Waals surface area contributed by atoms with E-state index in [9.17, 15) is 0 Å². The van der Waals surface area contributed by atoms with Gasteiger partial charge < -0.3 is 4.74 Å². The van der Waals surface area contributed by atoms with E-state index in [0.29, 0.717) is 16.9 Å². The van der Waals surface area contributed by atoms with Crippen molar-refractivity contribution in [3.63, 3.8) is 0 Å². The minimum absolute atomic E-state index is 0.569. The summed E-state index contributed by atoms with van der Waals surface area (Å²) >= 11 is 0. The lowest BCUT2D eigenvalue weighted by Gasteiger charge is -2.28. The summed E-state index contributed by atoms with van der Waals surface area (Å²) in [6, 6.07) is 0. The molecule has 4 heteroatoms. The number of hydrogen-bond acceptors (Lipinski definition) is 3. The molecule has 17 heavy (non-hydrogen) atoms. The zero-order valence-corrected chi connectivity index (χ0v) is 12.1. The molecule has 0 aromatic heterocycles. The second-order valence-electron chi connectivity index (χ2n) is 5.66. The molecule has 0 radical (unpaired) electrons. The molecular formula is C13H29N2O2+. The van der Waals surface area contributed by atoms with Crippen LogP contribution in [0.15, 0.2) is 0 Å². The smallest absolute Gasteiger partial charge is 0.110 e. The second kappa shape index (κ2) is 6.69. The molecule has 2 atom stereocenters. The first-order chi connectivity index (χ1) is 7.94. The van der Waals surface area contributed by atoms with Crippen LogP contribution in [0.1, 0.15) is 39.0 Å². The highest BCUT2D eigenvalue weighted by Gasteiger charge is 2.35. The number of epoxide rings is 1. The molecular weight excluding hydrogens is 216 g/mol. The number of nitrogens with zero attached hydrogens (tertiary/aromatic N) is 2. The van der Waals surface area contributed by atoms with E-state index in [1.807, 2.05) is 14.1 Å². The summed E-state index contributed by atoms with van der Waals surface area (Å²) in [5.74, 6) is 0. The zero-order valence-electron chi connectivity index (χ0n) is 12.1. The molecule has 1 saturated heterocycles. The van der Waals surface area contributed by atoms with Crippen LogP contribution in [-0.4, -0.2) is 56.7 Å². The number of hydrogen-bond donors (Lipinski definition) is 0. The molecule has 102 valence electrons. The van der Waals surface area contributed by atoms with Gasteiger partial charge in [0.05, 0.1) is 12.2 Å². The van der Waals surface area contributed by atoms with E-state index in [2.05, 4.69) is 21.0 Å². The monoisotopic (exact) mass is 245 g/mol. The van der Waals surface area contributed by atoms with Gasteiger partial charge in [-0.25, -0.2) is 0 Å². The summed E-state index contributed by atoms with van der Waals surface area (Å²) in [7, 11) is 8.04. The van der Waals surface area contributed by atoms with Gasteiger partial charge in [-0.2, -0.15) is 4.65 Å². The first-order valence-electron chi connectivity index (χ1n) is 6.80. The van der Waals surface area contributed by atoms with Gasteiger partial charge in [-0.15, -0.1) is 10.0 Å². The molecule has 2 unspecified atom stereocenters. The molecule has 0 aromatic carbocycles. The third-order valence-electron chi connectivity index (χ3n) is 3.16. The highest BCUT2D eigenvalue weighted by Crippen LogP contribution is 2.29. The van der Waals surface area contributed by atoms with Gasteiger partial charge in [0.1, 0.15) is 20.6 Å². The van der Waals surface area contributed by atoms with Crippen molar-refractivity contribution in [1.82, 2.24) is 5.06 Å². The van der Waals surface area contributed by atoms with E-state index in [-0.39, 0.29) is 0 Å². The highest BCUT2D eigenvalue weighted by molar-refractivity contribution is 4.82. The minimum atomic E-state index is 0.569. The average molecular weight is 245 g/mol. The van der Waals surface area contributed by atoms with E-state index in [1.165, 1.54) is 32.1 Å². The van der Waals surface area contributed by atoms with Crippen molar-refractivity contribution in [1.29, 1.82) is 0 Å². The van der Waals surface area contributed by atoms with Gasteiger partial charge in [0, 0.05) is 14.1 Å². The molecule has 1 aliphatic heterocycles. The third-order valence-corrected chi connectivity index (χ3v) is 3.16. The van der Waals surface area contributed by atoms with Crippen LogP contribution < -0.4 is 0 Å². The zero-order chi connectivity index (χ0) is 12.9. The maximum absolute atomic E-state index is 5.66. The Balaban J connectivity index is 1.96. The lowest BCUT2D eigenvalue weighted by Crippen LogP contribution is -2.44. The van der Waals surface area contributed by atoms with E-state index < -0.39 is 0 Å². The molecule has 0 aliphatic carbocycles. The topological polar surface area (TPSA) is 25.0 Å². The van der Waals surface area contributed by atoms with E-state index in [0.717, 1.165) is 6.54 Å². The molecule has 1 aliphatic rings. The summed E-state index contributed by atoms with van der Waals surface area (Å²) in [6.45, 7) is 3.25. The summed E-state index contributed by atoms with van der Waals surface area (Å²) in [6.07, 6.45) is 7.31. The van der Waals surface area contributed by atoms with Crippen LogP contribution in [0, 0.1) is 0 Å². The third kappa shape index (κ3) is 6.36. The van der Waals surface area contributed by atoms with Gasteiger partial charge >= 0.3 is 0 Å². The minimum Gasteiger partial charge on any atom is -0.370 e. The highest BCUT2D eigenvalue weighted by atomic mass is 16.9. The number of ether oxygens (including phenoxy) is 1. The van der Waals surface area contributed by atoms with Crippen LogP contribution in [0.5, 0.6) is 0 Å². The van der Waals surface area contributed by atoms with Crippen molar-refractivity contribution in [2.45, 2.75) is 51.2 Å². The second-order valence-corrected chi connectivity index (χ2v) is 5.66. The van der Waals surface area contributed by atoms with Gasteiger partial charge in [0.2, 0.25) is 0 Å². The Hall–Kier alpha value is -0.160. The fourth-order valence-corrected chi connectivity index (χ4v) is 2.29. The van der Waals surface area contributed by atoms with Crippen LogP contribution in [-0.2, 0) is 9.68 Å². The predicted octanol–water partition coefficient (Wildman–Crippen LogP) is 2.21. The Bertz CT molecular complexity index is 219. The summed E-state index contributed by atoms with van der Waals surface area (Å²) < 4.78 is 6.13. The van der Waals surface area contributed by atoms with Gasteiger partial charge in [-0.3, -0.25) is 0 Å². The van der Waals surface area contributed by atoms with E-state index in [1.54, 1.807) is 5.06 Å². The summed E-state index contributed by atoms with van der Waals surface area (Å²) in [5.41, 5.74) is 0. The van der Waals surface area contributed by atoms with Gasteiger partial charge in [-0.1, -0.05) is 13.3 Å². The van der Waals surface area contributed by atoms with Crippen LogP contribution in [0.3, 0.4) is 0 Å². The Morgan fingerprint density at radius 2 is 1.82 bits per heavy atom. The van der Waals surface area contributed by atoms with Crippen LogP contribution in [0.25, 0.3) is 0 Å². The first kappa shape index (κ1) is 14.9. The SMILES string of the molecule is CCC1OC1CCCCC[N+](C)(C)ON(C)C. The van der Waals surface area contributed by atoms with Crippen LogP contribution >= 0.6 is 0 Å². The normalized spacial score (nSPS) is 24.4. The van der Waals surface area contributed by atoms with Crippen LogP contribution in [0.2, 0.25) is 0 Å². The number of rotatable bonds is 9. The van der Waals surface area contributed by atoms with Gasteiger partial charge in [0.15, 0.2) is 0 Å². The molecule has 0 bridgehead atoms. The Morgan fingerprint density at radius 3 is 2.35 bits per heavy atom. The Labute approximate surface area is 106 Å². The lowest BCUT2D eigenvalue weighted by atomic mass is 10.1. The molecule has 1 rings (SSSR count). The van der Waals surface area contributed by atoms with E-state index in [4.69, 9.17) is 9.68 Å². The molecule has 1 fully saturated rings. The van der Waals surface area contributed by atoms with Crippen molar-refractivity contribution < 1.29 is 14.3 Å². The van der Waals surface area contributed by atoms with Crippen molar-refractivity contribution in [2.24, 2.45) is 0 Å². The molecule has 0 saturated carbocycles. The fourth-order valence-electron chi connectivity index (χ4n) is 2.29. The summed E-state index contributed by atoms with van der Waals surface area (Å²) in [5, 5.41) is 1.77. The molecule has 0 amide bonds. The van der Waals surface area contributed by atoms with E-state index >= 15 is 0 Å². The quantitative estimate of drug-likeness (QED) is 0.269. The van der Waals surface area contributed by atoms with Crippen molar-refractivity contribution in [3.05, 3.63) is 0 Å². The fraction of sp³-hybridized carbons (Fsp3) is 1.00. The summed E-state index contributed by atoms with van der Waals surface area (Å²) in [4.78, 5) is 5.66. The van der Waals surface area contributed by atoms with Gasteiger partial charge in [-0.05, 0) is 25.7 Å². The molecule has 0 spiro atoms. The maximum Gasteiger partial charge on any atom is 0.110 e. The van der Waals surface area contributed by atoms with Crippen LogP contribution in [0.4, 0.5) is 0 Å². The molecule has 1 heterocycles. The molecule has 0 N–H and O–H groups in total. The first-order valence-corrected chi connectivity index (χ1v) is 6.80. The van der Waals surface area contributed by atoms with Crippen molar-refractivity contribution >= 4 is 0 Å². The average Bonchev–Trinajstić information content (AvgIpc) is 2.93. The Kier molecular flexibility index (Phi) is 5.86. The predicted molar refractivity (Wildman–Crippen MR) is 69.2 cm³/mol. The maximum atomic E-state index is 5.66. The van der Waals surface area contributed by atoms with Crippen molar-refractivity contribution in [3.8, 4) is 0 Å². The lowest BCUT2D eigenvalue weighted by molar-refractivity contribution is -1.10. The number of quaternary nitrogens is 1. The Morgan fingerprint density at radius 1 is 1.12 bits per heavy atom. The standard InChI is InChI=1S/C13H29N2O2/c1-6-12-13(16-12)10-8-7-9-11-15(4,5)17-14(2)3/h12-13H,6-11H2,1-5H3/q+1. The molecule has 4 nitrogen and oxygen atoms in total. The van der Waals surface area contributed by atoms with Crippen molar-refractivity contribution in [2.75, 3.05) is 34.7 Å². The number of hydroxylamine groups is 5. The number of unbranched alkanes of at least 4 members (excludes halogenated alkanes) is 2. The largest absolute Gasteiger partial charge is 0.370 e. The molecule has 0 aromatic rings. The van der Waals surface area contributed by atoms with Gasteiger partial charge in [0.25, 0.3) is 0 Å².